The van der Waals surface area contributed by atoms with Gasteiger partial charge >= 0.3 is 0 Å². The molecule has 30 heavy (non-hydrogen) atoms. The SMILES string of the molecule is CCN(CC)S(=O)(=O)c1ccc(Cl)c(C(=O)NCc2csc(-c3ccccc3)n2)c1. The summed E-state index contributed by atoms with van der Waals surface area (Å²) < 4.78 is 26.8. The van der Waals surface area contributed by atoms with Gasteiger partial charge in [-0.1, -0.05) is 55.8 Å². The van der Waals surface area contributed by atoms with E-state index < -0.39 is 15.9 Å². The second-order valence-corrected chi connectivity index (χ2v) is 9.63. The van der Waals surface area contributed by atoms with Gasteiger partial charge in [-0.25, -0.2) is 13.4 Å². The summed E-state index contributed by atoms with van der Waals surface area (Å²) in [5.74, 6) is -0.453. The predicted octanol–water partition coefficient (Wildman–Crippen LogP) is 4.42. The first-order valence-corrected chi connectivity index (χ1v) is 12.1. The topological polar surface area (TPSA) is 79.4 Å². The summed E-state index contributed by atoms with van der Waals surface area (Å²) in [7, 11) is -3.68. The van der Waals surface area contributed by atoms with E-state index in [2.05, 4.69) is 10.3 Å². The fourth-order valence-corrected chi connectivity index (χ4v) is 5.43. The van der Waals surface area contributed by atoms with Gasteiger partial charge in [0.1, 0.15) is 5.01 Å². The van der Waals surface area contributed by atoms with E-state index in [1.54, 1.807) is 13.8 Å². The lowest BCUT2D eigenvalue weighted by molar-refractivity contribution is 0.0950. The third-order valence-corrected chi connectivity index (χ3v) is 7.84. The number of hydrogen-bond acceptors (Lipinski definition) is 5. The van der Waals surface area contributed by atoms with Crippen LogP contribution in [0, 0.1) is 0 Å². The van der Waals surface area contributed by atoms with Crippen molar-refractivity contribution >= 4 is 38.9 Å². The summed E-state index contributed by atoms with van der Waals surface area (Å²) >= 11 is 7.67. The van der Waals surface area contributed by atoms with Crippen molar-refractivity contribution in [2.45, 2.75) is 25.3 Å². The lowest BCUT2D eigenvalue weighted by Gasteiger charge is -2.19. The van der Waals surface area contributed by atoms with Crippen LogP contribution in [0.15, 0.2) is 58.8 Å². The maximum Gasteiger partial charge on any atom is 0.253 e. The Balaban J connectivity index is 1.75. The summed E-state index contributed by atoms with van der Waals surface area (Å²) in [4.78, 5) is 17.3. The van der Waals surface area contributed by atoms with Crippen molar-refractivity contribution in [3.63, 3.8) is 0 Å². The molecule has 3 rings (SSSR count). The monoisotopic (exact) mass is 463 g/mol. The predicted molar refractivity (Wildman–Crippen MR) is 120 cm³/mol. The highest BCUT2D eigenvalue weighted by molar-refractivity contribution is 7.89. The number of benzene rings is 2. The smallest absolute Gasteiger partial charge is 0.253 e. The van der Waals surface area contributed by atoms with Gasteiger partial charge in [0, 0.05) is 24.0 Å². The molecule has 1 amide bonds. The molecule has 0 aliphatic heterocycles. The molecule has 1 N–H and O–H groups in total. The van der Waals surface area contributed by atoms with E-state index in [1.165, 1.54) is 33.8 Å². The molecule has 0 atom stereocenters. The maximum absolute atomic E-state index is 12.7. The van der Waals surface area contributed by atoms with Gasteiger partial charge in [-0.15, -0.1) is 11.3 Å². The molecule has 0 aliphatic carbocycles. The Morgan fingerprint density at radius 1 is 1.13 bits per heavy atom. The van der Waals surface area contributed by atoms with E-state index in [4.69, 9.17) is 11.6 Å². The minimum Gasteiger partial charge on any atom is -0.346 e. The van der Waals surface area contributed by atoms with Gasteiger partial charge in [0.25, 0.3) is 5.91 Å². The Kier molecular flexibility index (Phi) is 7.25. The number of nitrogens with one attached hydrogen (secondary N) is 1. The number of sulfonamides is 1. The fourth-order valence-electron chi connectivity index (χ4n) is 2.92. The van der Waals surface area contributed by atoms with E-state index >= 15 is 0 Å². The molecule has 0 spiro atoms. The lowest BCUT2D eigenvalue weighted by atomic mass is 10.2. The molecular formula is C21H22ClN3O3S2. The van der Waals surface area contributed by atoms with Crippen molar-refractivity contribution in [1.82, 2.24) is 14.6 Å². The highest BCUT2D eigenvalue weighted by Crippen LogP contribution is 2.25. The van der Waals surface area contributed by atoms with Crippen LogP contribution in [0.5, 0.6) is 0 Å². The normalized spacial score (nSPS) is 11.6. The van der Waals surface area contributed by atoms with Crippen LogP contribution in [0.25, 0.3) is 10.6 Å². The van der Waals surface area contributed by atoms with E-state index in [1.807, 2.05) is 35.7 Å². The zero-order valence-electron chi connectivity index (χ0n) is 16.6. The number of carbonyl (C=O) groups is 1. The van der Waals surface area contributed by atoms with Crippen LogP contribution >= 0.6 is 22.9 Å². The molecule has 2 aromatic carbocycles. The molecular weight excluding hydrogens is 442 g/mol. The van der Waals surface area contributed by atoms with E-state index in [0.717, 1.165) is 16.3 Å². The van der Waals surface area contributed by atoms with Crippen molar-refractivity contribution in [3.05, 3.63) is 70.2 Å². The van der Waals surface area contributed by atoms with Crippen molar-refractivity contribution in [2.75, 3.05) is 13.1 Å². The number of rotatable bonds is 8. The zero-order valence-corrected chi connectivity index (χ0v) is 19.0. The average molecular weight is 464 g/mol. The van der Waals surface area contributed by atoms with Crippen LogP contribution in [0.1, 0.15) is 29.9 Å². The molecule has 0 radical (unpaired) electrons. The summed E-state index contributed by atoms with van der Waals surface area (Å²) in [6, 6.07) is 13.9. The second kappa shape index (κ2) is 9.70. The van der Waals surface area contributed by atoms with Gasteiger partial charge in [0.15, 0.2) is 0 Å². The Labute approximate surface area is 185 Å². The number of nitrogens with zero attached hydrogens (tertiary/aromatic N) is 2. The molecule has 1 heterocycles. The highest BCUT2D eigenvalue weighted by atomic mass is 35.5. The minimum atomic E-state index is -3.68. The molecule has 0 aliphatic rings. The molecule has 9 heteroatoms. The first-order valence-electron chi connectivity index (χ1n) is 9.44. The first-order chi connectivity index (χ1) is 14.4. The average Bonchev–Trinajstić information content (AvgIpc) is 3.22. The van der Waals surface area contributed by atoms with Crippen LogP contribution in [0.3, 0.4) is 0 Å². The fraction of sp³-hybridized carbons (Fsp3) is 0.238. The third kappa shape index (κ3) is 4.89. The van der Waals surface area contributed by atoms with Crippen LogP contribution in [-0.4, -0.2) is 36.7 Å². The standard InChI is InChI=1S/C21H22ClN3O3S2/c1-3-25(4-2)30(27,28)17-10-11-19(22)18(12-17)20(26)23-13-16-14-29-21(24-16)15-8-6-5-7-9-15/h5-12,14H,3-4,13H2,1-2H3,(H,23,26). The maximum atomic E-state index is 12.7. The molecule has 0 bridgehead atoms. The van der Waals surface area contributed by atoms with Crippen molar-refractivity contribution in [2.24, 2.45) is 0 Å². The number of thiazole rings is 1. The number of aromatic nitrogens is 1. The van der Waals surface area contributed by atoms with Gasteiger partial charge < -0.3 is 5.32 Å². The molecule has 158 valence electrons. The van der Waals surface area contributed by atoms with E-state index in [0.29, 0.717) is 13.1 Å². The molecule has 1 aromatic heterocycles. The number of hydrogen-bond donors (Lipinski definition) is 1. The second-order valence-electron chi connectivity index (χ2n) is 6.42. The number of amides is 1. The van der Waals surface area contributed by atoms with Crippen LogP contribution < -0.4 is 5.32 Å². The number of halogens is 1. The van der Waals surface area contributed by atoms with Gasteiger partial charge in [-0.05, 0) is 18.2 Å². The van der Waals surface area contributed by atoms with Crippen molar-refractivity contribution in [3.8, 4) is 10.6 Å². The van der Waals surface area contributed by atoms with Crippen LogP contribution in [0.4, 0.5) is 0 Å². The van der Waals surface area contributed by atoms with Crippen LogP contribution in [-0.2, 0) is 16.6 Å². The molecule has 0 fully saturated rings. The summed E-state index contributed by atoms with van der Waals surface area (Å²) in [5, 5.41) is 5.70. The van der Waals surface area contributed by atoms with Gasteiger partial charge in [0.05, 0.1) is 27.7 Å². The lowest BCUT2D eigenvalue weighted by Crippen LogP contribution is -2.31. The Hall–Kier alpha value is -2.26. The van der Waals surface area contributed by atoms with E-state index in [9.17, 15) is 13.2 Å². The Bertz CT molecular complexity index is 1130. The van der Waals surface area contributed by atoms with Crippen LogP contribution in [0.2, 0.25) is 5.02 Å². The van der Waals surface area contributed by atoms with Gasteiger partial charge in [0.2, 0.25) is 10.0 Å². The largest absolute Gasteiger partial charge is 0.346 e. The van der Waals surface area contributed by atoms with Gasteiger partial charge in [-0.3, -0.25) is 4.79 Å². The molecule has 0 saturated heterocycles. The molecule has 0 saturated carbocycles. The molecule has 6 nitrogen and oxygen atoms in total. The molecule has 3 aromatic rings. The summed E-state index contributed by atoms with van der Waals surface area (Å²) in [5.41, 5.74) is 1.84. The third-order valence-electron chi connectivity index (χ3n) is 4.53. The van der Waals surface area contributed by atoms with Crippen molar-refractivity contribution in [1.29, 1.82) is 0 Å². The minimum absolute atomic E-state index is 0.0424. The number of carbonyl (C=O) groups excluding carboxylic acids is 1. The van der Waals surface area contributed by atoms with E-state index in [-0.39, 0.29) is 22.0 Å². The summed E-state index contributed by atoms with van der Waals surface area (Å²) in [6.45, 7) is 4.43. The summed E-state index contributed by atoms with van der Waals surface area (Å²) in [6.07, 6.45) is 0. The van der Waals surface area contributed by atoms with Crippen molar-refractivity contribution < 1.29 is 13.2 Å². The Morgan fingerprint density at radius 2 is 1.83 bits per heavy atom. The first kappa shape index (κ1) is 22.4. The molecule has 0 unspecified atom stereocenters. The van der Waals surface area contributed by atoms with Gasteiger partial charge in [-0.2, -0.15) is 4.31 Å². The quantitative estimate of drug-likeness (QED) is 0.536. The highest BCUT2D eigenvalue weighted by Gasteiger charge is 2.24. The Morgan fingerprint density at radius 3 is 2.50 bits per heavy atom. The zero-order chi connectivity index (χ0) is 21.7.